The van der Waals surface area contributed by atoms with Gasteiger partial charge >= 0.3 is 0 Å². The van der Waals surface area contributed by atoms with Crippen molar-refractivity contribution in [2.45, 2.75) is 38.5 Å². The molecule has 0 spiro atoms. The Bertz CT molecular complexity index is 1470. The van der Waals surface area contributed by atoms with Gasteiger partial charge < -0.3 is 5.32 Å². The predicted molar refractivity (Wildman–Crippen MR) is 145 cm³/mol. The lowest BCUT2D eigenvalue weighted by Gasteiger charge is -2.15. The van der Waals surface area contributed by atoms with Crippen LogP contribution in [0.1, 0.15) is 35.4 Å². The number of hydrogen-bond donors (Lipinski definition) is 5. The van der Waals surface area contributed by atoms with Gasteiger partial charge in [-0.2, -0.15) is 10.5 Å². The third-order valence-corrected chi connectivity index (χ3v) is 6.99. The number of quaternary nitrogens is 1. The Hall–Kier alpha value is -4.35. The monoisotopic (exact) mass is 529 g/mol. The Morgan fingerprint density at radius 3 is 2.58 bits per heavy atom. The topological polar surface area (TPSA) is 141 Å². The van der Waals surface area contributed by atoms with E-state index in [1.54, 1.807) is 6.20 Å². The number of nitrogens with two attached hydrogens (primary N) is 1. The summed E-state index contributed by atoms with van der Waals surface area (Å²) in [7, 11) is 0. The number of aryl methyl sites for hydroxylation is 1. The number of unbranched alkanes of at least 4 members (excludes halogenated alkanes) is 1. The first kappa shape index (κ1) is 25.3. The lowest BCUT2D eigenvalue weighted by atomic mass is 10.1. The second-order valence-electron chi connectivity index (χ2n) is 8.99. The zero-order valence-corrected chi connectivity index (χ0v) is 21.6. The molecule has 6 N–H and O–H groups in total. The third-order valence-electron chi connectivity index (χ3n) is 6.09. The molecule has 4 aromatic rings. The molecule has 1 aliphatic rings. The summed E-state index contributed by atoms with van der Waals surface area (Å²) in [5.74, 6) is 0.580. The summed E-state index contributed by atoms with van der Waals surface area (Å²) in [6, 6.07) is 15.4. The molecule has 0 atom stereocenters. The van der Waals surface area contributed by atoms with Gasteiger partial charge in [-0.25, -0.2) is 5.43 Å². The van der Waals surface area contributed by atoms with Gasteiger partial charge in [0, 0.05) is 17.9 Å². The molecular formula is C27H29N8O2S+. The van der Waals surface area contributed by atoms with Gasteiger partial charge in [-0.15, -0.1) is 10.2 Å². The Balaban J connectivity index is 1.01. The molecule has 10 nitrogen and oxygen atoms in total. The fourth-order valence-electron chi connectivity index (χ4n) is 4.19. The molecule has 2 aromatic carbocycles. The van der Waals surface area contributed by atoms with Crippen LogP contribution in [0.2, 0.25) is 0 Å². The highest BCUT2D eigenvalue weighted by molar-refractivity contribution is 7.15. The number of aromatic nitrogens is 4. The molecule has 0 fully saturated rings. The van der Waals surface area contributed by atoms with E-state index in [4.69, 9.17) is 0 Å². The quantitative estimate of drug-likeness (QED) is 0.149. The van der Waals surface area contributed by atoms with Crippen LogP contribution in [-0.2, 0) is 28.9 Å². The van der Waals surface area contributed by atoms with E-state index in [2.05, 4.69) is 36.5 Å². The number of hydrogen-bond acceptors (Lipinski definition) is 7. The van der Waals surface area contributed by atoms with Gasteiger partial charge in [0.15, 0.2) is 0 Å². The van der Waals surface area contributed by atoms with E-state index in [0.29, 0.717) is 11.6 Å². The van der Waals surface area contributed by atoms with Crippen LogP contribution in [0.25, 0.3) is 10.9 Å². The molecule has 0 radical (unpaired) electrons. The molecule has 0 saturated heterocycles. The zero-order chi connectivity index (χ0) is 26.2. The van der Waals surface area contributed by atoms with Crippen LogP contribution < -0.4 is 21.5 Å². The van der Waals surface area contributed by atoms with Gasteiger partial charge in [0.2, 0.25) is 22.8 Å². The molecule has 0 bridgehead atoms. The van der Waals surface area contributed by atoms with Gasteiger partial charge in [-0.1, -0.05) is 53.8 Å². The Morgan fingerprint density at radius 1 is 0.895 bits per heavy atom. The number of nitrogens with one attached hydrogen (secondary N) is 4. The van der Waals surface area contributed by atoms with E-state index in [1.165, 1.54) is 11.3 Å². The lowest BCUT2D eigenvalue weighted by molar-refractivity contribution is -0.664. The van der Waals surface area contributed by atoms with Gasteiger partial charge in [0.1, 0.15) is 5.01 Å². The SMILES string of the molecule is O=C(Cc1ccccc1)NC1=CC=C(CCCCc2nnc(NC(=O)Cc3cccc4[nH]ncc34)s2)N[NH2+]1. The second-order valence-corrected chi connectivity index (χ2v) is 10.1. The van der Waals surface area contributed by atoms with Gasteiger partial charge in [0.25, 0.3) is 0 Å². The highest BCUT2D eigenvalue weighted by Gasteiger charge is 2.14. The van der Waals surface area contributed by atoms with Crippen molar-refractivity contribution in [1.29, 1.82) is 0 Å². The number of allylic oxidation sites excluding steroid dienone is 3. The Labute approximate surface area is 223 Å². The first-order chi connectivity index (χ1) is 18.6. The number of aromatic amines is 1. The van der Waals surface area contributed by atoms with Crippen molar-refractivity contribution in [2.75, 3.05) is 5.32 Å². The average Bonchev–Trinajstić information content (AvgIpc) is 3.58. The third kappa shape index (κ3) is 6.90. The van der Waals surface area contributed by atoms with Crippen LogP contribution in [0.4, 0.5) is 5.13 Å². The Kier molecular flexibility index (Phi) is 8.16. The van der Waals surface area contributed by atoms with E-state index >= 15 is 0 Å². The number of nitrogens with zero attached hydrogens (tertiary/aromatic N) is 3. The van der Waals surface area contributed by atoms with Crippen molar-refractivity contribution in [1.82, 2.24) is 31.1 Å². The predicted octanol–water partition coefficient (Wildman–Crippen LogP) is 2.47. The number of fused-ring (bicyclic) bond motifs is 1. The summed E-state index contributed by atoms with van der Waals surface area (Å²) in [4.78, 5) is 24.7. The number of amides is 2. The summed E-state index contributed by atoms with van der Waals surface area (Å²) < 4.78 is 0. The second kappa shape index (κ2) is 12.3. The fraction of sp³-hybridized carbons (Fsp3) is 0.222. The van der Waals surface area contributed by atoms with Crippen molar-refractivity contribution in [2.24, 2.45) is 0 Å². The van der Waals surface area contributed by atoms with Crippen LogP contribution in [-0.4, -0.2) is 32.2 Å². The number of H-pyrrole nitrogens is 1. The lowest BCUT2D eigenvalue weighted by Crippen LogP contribution is -2.93. The van der Waals surface area contributed by atoms with E-state index in [1.807, 2.05) is 66.1 Å². The van der Waals surface area contributed by atoms with Crippen LogP contribution in [0.5, 0.6) is 0 Å². The van der Waals surface area contributed by atoms with E-state index in [-0.39, 0.29) is 18.2 Å². The maximum Gasteiger partial charge on any atom is 0.232 e. The minimum Gasteiger partial charge on any atom is -0.300 e. The molecule has 0 unspecified atom stereocenters. The van der Waals surface area contributed by atoms with E-state index < -0.39 is 0 Å². The standard InChI is InChI=1S/C27H28N8O2S/c36-24(15-18-7-2-1-3-8-18)29-23-14-13-20(31-33-23)10-4-5-12-26-34-35-27(38-26)30-25(37)16-19-9-6-11-22-21(19)17-28-32-22/h1-3,6-9,11,13-14,17,31,33H,4-5,10,12,15-16H2,(H,28,32)(H,29,36)(H,30,35,37)/p+1. The molecular weight excluding hydrogens is 500 g/mol. The minimum absolute atomic E-state index is 0.0414. The number of anilines is 1. The van der Waals surface area contributed by atoms with E-state index in [0.717, 1.165) is 64.2 Å². The van der Waals surface area contributed by atoms with Crippen LogP contribution in [0, 0.1) is 0 Å². The summed E-state index contributed by atoms with van der Waals surface area (Å²) in [6.45, 7) is 0. The summed E-state index contributed by atoms with van der Waals surface area (Å²) in [5, 5.41) is 23.5. The van der Waals surface area contributed by atoms with Crippen LogP contribution in [0.3, 0.4) is 0 Å². The average molecular weight is 530 g/mol. The van der Waals surface area contributed by atoms with E-state index in [9.17, 15) is 9.59 Å². The molecule has 0 aliphatic carbocycles. The van der Waals surface area contributed by atoms with Crippen molar-refractivity contribution >= 4 is 39.2 Å². The normalized spacial score (nSPS) is 12.9. The zero-order valence-electron chi connectivity index (χ0n) is 20.7. The summed E-state index contributed by atoms with van der Waals surface area (Å²) >= 11 is 1.41. The van der Waals surface area contributed by atoms with Gasteiger partial charge in [-0.05, 0) is 42.5 Å². The number of carbonyl (C=O) groups excluding carboxylic acids is 2. The van der Waals surface area contributed by atoms with Crippen LogP contribution in [0.15, 0.2) is 78.4 Å². The van der Waals surface area contributed by atoms with Gasteiger partial charge in [0.05, 0.1) is 30.3 Å². The van der Waals surface area contributed by atoms with Crippen molar-refractivity contribution < 1.29 is 15.0 Å². The van der Waals surface area contributed by atoms with Crippen LogP contribution >= 0.6 is 11.3 Å². The Morgan fingerprint density at radius 2 is 1.74 bits per heavy atom. The minimum atomic E-state index is -0.128. The highest BCUT2D eigenvalue weighted by atomic mass is 32.1. The maximum absolute atomic E-state index is 12.5. The number of carbonyl (C=O) groups is 2. The van der Waals surface area contributed by atoms with Crippen molar-refractivity contribution in [3.05, 3.63) is 94.5 Å². The first-order valence-corrected chi connectivity index (χ1v) is 13.3. The van der Waals surface area contributed by atoms with Crippen molar-refractivity contribution in [3.8, 4) is 0 Å². The summed E-state index contributed by atoms with van der Waals surface area (Å²) in [6.07, 6.45) is 9.87. The highest BCUT2D eigenvalue weighted by Crippen LogP contribution is 2.20. The van der Waals surface area contributed by atoms with Crippen molar-refractivity contribution in [3.63, 3.8) is 0 Å². The molecule has 38 heavy (non-hydrogen) atoms. The maximum atomic E-state index is 12.5. The smallest absolute Gasteiger partial charge is 0.232 e. The molecule has 0 saturated carbocycles. The first-order valence-electron chi connectivity index (χ1n) is 12.5. The molecule has 5 rings (SSSR count). The number of benzene rings is 2. The molecule has 3 heterocycles. The molecule has 1 aliphatic heterocycles. The molecule has 194 valence electrons. The summed E-state index contributed by atoms with van der Waals surface area (Å²) in [5.41, 5.74) is 9.00. The van der Waals surface area contributed by atoms with Gasteiger partial charge in [-0.3, -0.25) is 20.0 Å². The molecule has 11 heteroatoms. The largest absolute Gasteiger partial charge is 0.300 e. The molecule has 2 aromatic heterocycles. The fourth-order valence-corrected chi connectivity index (χ4v) is 4.99. The molecule has 2 amide bonds. The number of rotatable bonds is 11.